The quantitative estimate of drug-likeness (QED) is 0.235. The van der Waals surface area contributed by atoms with Crippen molar-refractivity contribution in [2.45, 2.75) is 89.8 Å². The van der Waals surface area contributed by atoms with Gasteiger partial charge in [-0.25, -0.2) is 13.6 Å². The highest BCUT2D eigenvalue weighted by molar-refractivity contribution is 7.71. The first-order valence-corrected chi connectivity index (χ1v) is 13.3. The van der Waals surface area contributed by atoms with Crippen LogP contribution in [0.3, 0.4) is 0 Å². The number of nitrogens with zero attached hydrogens (tertiary/aromatic N) is 1. The van der Waals surface area contributed by atoms with Crippen LogP contribution in [-0.2, 0) is 31.2 Å². The molecule has 4 atom stereocenters. The van der Waals surface area contributed by atoms with Crippen LogP contribution in [0.4, 0.5) is 8.78 Å². The summed E-state index contributed by atoms with van der Waals surface area (Å²) in [5.74, 6) is -0.892. The lowest BCUT2D eigenvalue weighted by Crippen LogP contribution is -2.45. The molecule has 3 heterocycles. The van der Waals surface area contributed by atoms with Crippen LogP contribution in [0.15, 0.2) is 17.1 Å². The van der Waals surface area contributed by atoms with Crippen molar-refractivity contribution in [3.8, 4) is 5.75 Å². The third-order valence-electron chi connectivity index (χ3n) is 6.32. The molecule has 0 amide bonds. The monoisotopic (exact) mass is 554 g/mol. The van der Waals surface area contributed by atoms with E-state index >= 15 is 4.39 Å². The number of halogens is 2. The first-order valence-electron chi connectivity index (χ1n) is 11.8. The van der Waals surface area contributed by atoms with Crippen molar-refractivity contribution in [1.29, 1.82) is 0 Å². The first-order chi connectivity index (χ1) is 17.0. The van der Waals surface area contributed by atoms with Gasteiger partial charge in [-0.2, -0.15) is 0 Å². The molecule has 0 aliphatic carbocycles. The largest absolute Gasteiger partial charge is 0.426 e. The zero-order valence-corrected chi connectivity index (χ0v) is 23.3. The lowest BCUT2D eigenvalue weighted by atomic mass is 9.78. The number of fused-ring (bicyclic) bond motifs is 1. The summed E-state index contributed by atoms with van der Waals surface area (Å²) in [6, 6.07) is 1.80. The van der Waals surface area contributed by atoms with Gasteiger partial charge in [0.1, 0.15) is 28.5 Å². The van der Waals surface area contributed by atoms with E-state index in [1.165, 1.54) is 0 Å². The SMILES string of the molecule is [B]C(O)(OP1OCc2c(F)c(C(C)(C)C)cc(C(C)(C)C)c2O1)C1CCC(n2cc(F)c(=S)[nH]c2=O)O1. The summed E-state index contributed by atoms with van der Waals surface area (Å²) in [5, 5.41) is 10.9. The Hall–Kier alpha value is -1.69. The Balaban J connectivity index is 1.55. The second-order valence-electron chi connectivity index (χ2n) is 11.3. The van der Waals surface area contributed by atoms with E-state index in [-0.39, 0.29) is 29.7 Å². The summed E-state index contributed by atoms with van der Waals surface area (Å²) < 4.78 is 53.0. The Bertz CT molecular complexity index is 1320. The fraction of sp³-hybridized carbons (Fsp3) is 0.583. The molecule has 37 heavy (non-hydrogen) atoms. The van der Waals surface area contributed by atoms with E-state index in [2.05, 4.69) is 4.98 Å². The van der Waals surface area contributed by atoms with Crippen molar-refractivity contribution < 1.29 is 32.2 Å². The minimum absolute atomic E-state index is 0.137. The van der Waals surface area contributed by atoms with Crippen LogP contribution in [0.1, 0.15) is 77.3 Å². The maximum Gasteiger partial charge on any atom is 0.399 e. The molecule has 4 rings (SSSR count). The molecule has 2 N–H and O–H groups in total. The lowest BCUT2D eigenvalue weighted by molar-refractivity contribution is -0.172. The number of hydrogen-bond donors (Lipinski definition) is 2. The van der Waals surface area contributed by atoms with Gasteiger partial charge in [-0.1, -0.05) is 53.8 Å². The van der Waals surface area contributed by atoms with E-state index < -0.39 is 54.8 Å². The molecular weight excluding hydrogens is 524 g/mol. The van der Waals surface area contributed by atoms with Gasteiger partial charge in [0.05, 0.1) is 18.4 Å². The number of benzene rings is 1. The van der Waals surface area contributed by atoms with Gasteiger partial charge in [-0.3, -0.25) is 18.6 Å². The van der Waals surface area contributed by atoms with E-state index in [4.69, 9.17) is 38.4 Å². The molecule has 1 aromatic heterocycles. The fourth-order valence-corrected chi connectivity index (χ4v) is 5.51. The molecule has 2 aliphatic rings. The zero-order valence-electron chi connectivity index (χ0n) is 21.6. The predicted molar refractivity (Wildman–Crippen MR) is 137 cm³/mol. The summed E-state index contributed by atoms with van der Waals surface area (Å²) in [6.45, 7) is 11.6. The van der Waals surface area contributed by atoms with E-state index in [0.29, 0.717) is 11.3 Å². The van der Waals surface area contributed by atoms with Crippen molar-refractivity contribution >= 4 is 28.7 Å². The molecular formula is C24H30BF2N2O6PS. The molecule has 8 nitrogen and oxygen atoms in total. The van der Waals surface area contributed by atoms with Gasteiger partial charge in [0.15, 0.2) is 19.3 Å². The molecule has 2 radical (unpaired) electrons. The van der Waals surface area contributed by atoms with Crippen LogP contribution >= 0.6 is 20.8 Å². The number of nitrogens with one attached hydrogen (secondary N) is 1. The molecule has 1 saturated heterocycles. The summed E-state index contributed by atoms with van der Waals surface area (Å²) >= 11 is 4.73. The van der Waals surface area contributed by atoms with Crippen molar-refractivity contribution in [2.24, 2.45) is 0 Å². The second kappa shape index (κ2) is 9.81. The van der Waals surface area contributed by atoms with Gasteiger partial charge < -0.3 is 14.4 Å². The highest BCUT2D eigenvalue weighted by Crippen LogP contribution is 2.54. The van der Waals surface area contributed by atoms with Crippen LogP contribution in [0, 0.1) is 16.3 Å². The normalized spacial score (nSPS) is 23.9. The van der Waals surface area contributed by atoms with Gasteiger partial charge >= 0.3 is 14.3 Å². The number of ether oxygens (including phenoxy) is 1. The number of hydrogen-bond acceptors (Lipinski definition) is 7. The summed E-state index contributed by atoms with van der Waals surface area (Å²) in [6.07, 6.45) is -0.620. The standard InChI is InChI=1S/C24H30BF2N2O6PS/c1-22(2,3)13-9-14(23(4,5)6)19-12(18(13)27)11-32-36(34-19)35-24(25,31)16-7-8-17(33-16)29-10-15(26)20(37)28-21(29)30/h9-10,16-17,31H,7-8,11H2,1-6H3,(H,28,30,37). The van der Waals surface area contributed by atoms with Gasteiger partial charge in [0.2, 0.25) is 0 Å². The number of aromatic nitrogens is 2. The van der Waals surface area contributed by atoms with Crippen molar-refractivity contribution in [2.75, 3.05) is 0 Å². The molecule has 13 heteroatoms. The zero-order chi connectivity index (χ0) is 27.5. The van der Waals surface area contributed by atoms with Gasteiger partial charge in [0.25, 0.3) is 0 Å². The third kappa shape index (κ3) is 5.70. The number of aromatic amines is 1. The summed E-state index contributed by atoms with van der Waals surface area (Å²) in [4.78, 5) is 14.4. The van der Waals surface area contributed by atoms with Crippen LogP contribution < -0.4 is 10.2 Å². The van der Waals surface area contributed by atoms with Crippen LogP contribution in [0.5, 0.6) is 5.75 Å². The highest BCUT2D eigenvalue weighted by Gasteiger charge is 2.45. The van der Waals surface area contributed by atoms with E-state index in [1.807, 2.05) is 41.5 Å². The molecule has 200 valence electrons. The average Bonchev–Trinajstić information content (AvgIpc) is 3.25. The highest BCUT2D eigenvalue weighted by atomic mass is 32.1. The molecule has 0 bridgehead atoms. The maximum atomic E-state index is 15.5. The predicted octanol–water partition coefficient (Wildman–Crippen LogP) is 5.12. The Labute approximate surface area is 221 Å². The molecule has 2 aromatic rings. The number of H-pyrrole nitrogens is 1. The summed E-state index contributed by atoms with van der Waals surface area (Å²) in [7, 11) is 3.81. The Morgan fingerprint density at radius 2 is 1.84 bits per heavy atom. The Kier molecular flexibility index (Phi) is 7.51. The topological polar surface area (TPSA) is 94.9 Å². The first kappa shape index (κ1) is 28.3. The van der Waals surface area contributed by atoms with Gasteiger partial charge in [-0.15, -0.1) is 0 Å². The van der Waals surface area contributed by atoms with Crippen LogP contribution in [0.25, 0.3) is 0 Å². The molecule has 2 aliphatic heterocycles. The second-order valence-corrected chi connectivity index (χ2v) is 12.8. The van der Waals surface area contributed by atoms with Crippen LogP contribution in [-0.4, -0.2) is 34.3 Å². The number of rotatable bonds is 4. The van der Waals surface area contributed by atoms with Crippen molar-refractivity contribution in [3.05, 3.63) is 55.7 Å². The van der Waals surface area contributed by atoms with E-state index in [0.717, 1.165) is 16.3 Å². The molecule has 1 aromatic carbocycles. The Morgan fingerprint density at radius 1 is 1.19 bits per heavy atom. The van der Waals surface area contributed by atoms with Gasteiger partial charge in [-0.05, 0) is 35.3 Å². The van der Waals surface area contributed by atoms with Crippen molar-refractivity contribution in [3.63, 3.8) is 0 Å². The summed E-state index contributed by atoms with van der Waals surface area (Å²) in [5.41, 5.74) is -2.27. The minimum Gasteiger partial charge on any atom is -0.426 e. The Morgan fingerprint density at radius 3 is 2.46 bits per heavy atom. The molecule has 1 fully saturated rings. The lowest BCUT2D eigenvalue weighted by Gasteiger charge is -2.37. The fourth-order valence-electron chi connectivity index (χ4n) is 4.28. The van der Waals surface area contributed by atoms with Crippen LogP contribution in [0.2, 0.25) is 0 Å². The molecule has 0 spiro atoms. The molecule has 4 unspecified atom stereocenters. The maximum absolute atomic E-state index is 15.5. The minimum atomic E-state index is -2.37. The molecule has 0 saturated carbocycles. The van der Waals surface area contributed by atoms with E-state index in [1.54, 1.807) is 6.07 Å². The van der Waals surface area contributed by atoms with E-state index in [9.17, 15) is 14.3 Å². The smallest absolute Gasteiger partial charge is 0.399 e. The van der Waals surface area contributed by atoms with Gasteiger partial charge in [0, 0.05) is 5.56 Å². The average molecular weight is 554 g/mol. The number of aliphatic hydroxyl groups is 1. The van der Waals surface area contributed by atoms with Crippen molar-refractivity contribution in [1.82, 2.24) is 9.55 Å². The third-order valence-corrected chi connectivity index (χ3v) is 7.73.